The average molecular weight is 284 g/mol. The first-order valence-corrected chi connectivity index (χ1v) is 8.92. The lowest BCUT2D eigenvalue weighted by atomic mass is 10.2. The summed E-state index contributed by atoms with van der Waals surface area (Å²) in [6.07, 6.45) is 0. The van der Waals surface area contributed by atoms with E-state index in [1.54, 1.807) is 0 Å². The van der Waals surface area contributed by atoms with Crippen molar-refractivity contribution < 1.29 is 0 Å². The molecule has 2 aromatic heterocycles. The Morgan fingerprint density at radius 2 is 1.00 bits per heavy atom. The van der Waals surface area contributed by atoms with Crippen LogP contribution >= 0.6 is 44.3 Å². The molecule has 0 N–H and O–H groups in total. The van der Waals surface area contributed by atoms with Crippen LogP contribution in [0.1, 0.15) is 20.9 Å². The van der Waals surface area contributed by atoms with Gasteiger partial charge in [-0.3, -0.25) is 0 Å². The summed E-state index contributed by atoms with van der Waals surface area (Å²) >= 11 is 3.92. The van der Waals surface area contributed by atoms with Crippen molar-refractivity contribution in [3.8, 4) is 9.75 Å². The molecule has 0 saturated carbocycles. The molecule has 0 amide bonds. The van der Waals surface area contributed by atoms with Crippen LogP contribution in [0.4, 0.5) is 0 Å². The van der Waals surface area contributed by atoms with Crippen molar-refractivity contribution in [2.45, 2.75) is 37.5 Å². The lowest BCUT2D eigenvalue weighted by Crippen LogP contribution is -1.82. The van der Waals surface area contributed by atoms with Gasteiger partial charge in [-0.2, -0.15) is 0 Å². The number of aryl methyl sites for hydroxylation is 2. The van der Waals surface area contributed by atoms with Crippen LogP contribution in [0.5, 0.6) is 0 Å². The fourth-order valence-corrected chi connectivity index (χ4v) is 7.95. The Bertz CT molecular complexity index is 522. The van der Waals surface area contributed by atoms with E-state index in [1.807, 2.05) is 44.3 Å². The van der Waals surface area contributed by atoms with Gasteiger partial charge in [-0.25, -0.2) is 0 Å². The molecule has 84 valence electrons. The molecule has 0 atom stereocenters. The standard InChI is InChI=1S/C12H12S4/c1-5-7(3)13-11-9(5)15-16-10-6(2)8(4)14-12(10)11/h1-4H3. The molecule has 0 aromatic carbocycles. The predicted molar refractivity (Wildman–Crippen MR) is 78.3 cm³/mol. The first-order valence-electron chi connectivity index (χ1n) is 5.14. The summed E-state index contributed by atoms with van der Waals surface area (Å²) in [5, 5.41) is 0. The van der Waals surface area contributed by atoms with E-state index in [4.69, 9.17) is 0 Å². The summed E-state index contributed by atoms with van der Waals surface area (Å²) in [4.78, 5) is 8.96. The fraction of sp³-hybridized carbons (Fsp3) is 0.333. The number of thiophene rings is 2. The topological polar surface area (TPSA) is 0 Å². The van der Waals surface area contributed by atoms with Crippen LogP contribution in [0, 0.1) is 27.7 Å². The van der Waals surface area contributed by atoms with Crippen molar-refractivity contribution in [2.75, 3.05) is 0 Å². The zero-order valence-electron chi connectivity index (χ0n) is 9.63. The SMILES string of the molecule is Cc1sc2c(c1C)SSc1c-2sc(C)c1C. The predicted octanol–water partition coefficient (Wildman–Crippen LogP) is 5.82. The lowest BCUT2D eigenvalue weighted by Gasteiger charge is -2.11. The lowest BCUT2D eigenvalue weighted by molar-refractivity contribution is 1.30. The maximum absolute atomic E-state index is 2.25. The van der Waals surface area contributed by atoms with Crippen LogP contribution in [0.2, 0.25) is 0 Å². The highest BCUT2D eigenvalue weighted by atomic mass is 33.1. The van der Waals surface area contributed by atoms with Gasteiger partial charge in [0.2, 0.25) is 0 Å². The molecule has 0 aliphatic carbocycles. The molecule has 3 rings (SSSR count). The van der Waals surface area contributed by atoms with Crippen LogP contribution < -0.4 is 0 Å². The number of hydrogen-bond acceptors (Lipinski definition) is 4. The van der Waals surface area contributed by atoms with E-state index < -0.39 is 0 Å². The van der Waals surface area contributed by atoms with Gasteiger partial charge in [0.15, 0.2) is 0 Å². The molecular formula is C12H12S4. The van der Waals surface area contributed by atoms with Crippen LogP contribution in [-0.2, 0) is 0 Å². The third-order valence-electron chi connectivity index (χ3n) is 3.07. The number of rotatable bonds is 0. The van der Waals surface area contributed by atoms with Crippen molar-refractivity contribution >= 4 is 44.3 Å². The van der Waals surface area contributed by atoms with Crippen molar-refractivity contribution in [1.82, 2.24) is 0 Å². The normalized spacial score (nSPS) is 13.8. The third-order valence-corrected chi connectivity index (χ3v) is 8.60. The maximum atomic E-state index is 2.25. The Morgan fingerprint density at radius 3 is 1.38 bits per heavy atom. The van der Waals surface area contributed by atoms with Gasteiger partial charge in [0.1, 0.15) is 0 Å². The molecular weight excluding hydrogens is 272 g/mol. The first kappa shape index (κ1) is 11.2. The van der Waals surface area contributed by atoms with Gasteiger partial charge >= 0.3 is 0 Å². The minimum absolute atomic E-state index is 1.47. The highest BCUT2D eigenvalue weighted by Gasteiger charge is 2.26. The monoisotopic (exact) mass is 284 g/mol. The second-order valence-electron chi connectivity index (χ2n) is 4.05. The molecule has 1 aliphatic rings. The Kier molecular flexibility index (Phi) is 2.66. The molecule has 0 radical (unpaired) electrons. The van der Waals surface area contributed by atoms with Gasteiger partial charge in [0, 0.05) is 19.5 Å². The molecule has 0 nitrogen and oxygen atoms in total. The Hall–Kier alpha value is 0.1000. The zero-order chi connectivity index (χ0) is 11.4. The molecule has 0 unspecified atom stereocenters. The summed E-state index contributed by atoms with van der Waals surface area (Å²) in [7, 11) is 3.88. The van der Waals surface area contributed by atoms with Crippen molar-refractivity contribution in [1.29, 1.82) is 0 Å². The van der Waals surface area contributed by atoms with Gasteiger partial charge in [-0.05, 0) is 38.8 Å². The van der Waals surface area contributed by atoms with Gasteiger partial charge < -0.3 is 0 Å². The van der Waals surface area contributed by atoms with E-state index in [2.05, 4.69) is 27.7 Å². The fourth-order valence-electron chi connectivity index (χ4n) is 1.80. The second kappa shape index (κ2) is 3.80. The number of hydrogen-bond donors (Lipinski definition) is 0. The minimum Gasteiger partial charge on any atom is -0.138 e. The summed E-state index contributed by atoms with van der Waals surface area (Å²) in [5.41, 5.74) is 2.96. The largest absolute Gasteiger partial charge is 0.138 e. The van der Waals surface area contributed by atoms with Gasteiger partial charge in [0.25, 0.3) is 0 Å². The van der Waals surface area contributed by atoms with E-state index in [-0.39, 0.29) is 0 Å². The van der Waals surface area contributed by atoms with Crippen molar-refractivity contribution in [3.63, 3.8) is 0 Å². The smallest absolute Gasteiger partial charge is 0.0604 e. The van der Waals surface area contributed by atoms with Crippen molar-refractivity contribution in [2.24, 2.45) is 0 Å². The Balaban J connectivity index is 2.31. The molecule has 3 heterocycles. The maximum Gasteiger partial charge on any atom is 0.0604 e. The molecule has 1 aliphatic heterocycles. The van der Waals surface area contributed by atoms with Crippen LogP contribution in [0.25, 0.3) is 9.75 Å². The number of fused-ring (bicyclic) bond motifs is 3. The molecule has 0 fully saturated rings. The zero-order valence-corrected chi connectivity index (χ0v) is 12.9. The van der Waals surface area contributed by atoms with Gasteiger partial charge in [-0.1, -0.05) is 21.6 Å². The Labute approximate surface area is 112 Å². The van der Waals surface area contributed by atoms with E-state index in [9.17, 15) is 0 Å². The summed E-state index contributed by atoms with van der Waals surface area (Å²) < 4.78 is 0. The summed E-state index contributed by atoms with van der Waals surface area (Å²) in [6, 6.07) is 0. The van der Waals surface area contributed by atoms with E-state index in [1.165, 1.54) is 40.4 Å². The van der Waals surface area contributed by atoms with Crippen LogP contribution in [0.3, 0.4) is 0 Å². The molecule has 2 aromatic rings. The van der Waals surface area contributed by atoms with Crippen LogP contribution in [0.15, 0.2) is 9.79 Å². The quantitative estimate of drug-likeness (QED) is 0.559. The van der Waals surface area contributed by atoms with E-state index in [0.717, 1.165) is 0 Å². The molecule has 0 saturated heterocycles. The highest BCUT2D eigenvalue weighted by Crippen LogP contribution is 2.59. The van der Waals surface area contributed by atoms with E-state index in [0.29, 0.717) is 0 Å². The molecule has 0 spiro atoms. The molecule has 4 heteroatoms. The summed E-state index contributed by atoms with van der Waals surface area (Å²) in [5.74, 6) is 0. The van der Waals surface area contributed by atoms with Gasteiger partial charge in [-0.15, -0.1) is 22.7 Å². The first-order chi connectivity index (χ1) is 7.59. The minimum atomic E-state index is 1.47. The van der Waals surface area contributed by atoms with Crippen LogP contribution in [-0.4, -0.2) is 0 Å². The van der Waals surface area contributed by atoms with Gasteiger partial charge in [0.05, 0.1) is 9.75 Å². The average Bonchev–Trinajstić information content (AvgIpc) is 2.70. The highest BCUT2D eigenvalue weighted by molar-refractivity contribution is 8.77. The van der Waals surface area contributed by atoms with Crippen molar-refractivity contribution in [3.05, 3.63) is 20.9 Å². The molecule has 0 bridgehead atoms. The summed E-state index contributed by atoms with van der Waals surface area (Å²) in [6.45, 7) is 8.96. The second-order valence-corrected chi connectivity index (χ2v) is 8.65. The third kappa shape index (κ3) is 1.43. The van der Waals surface area contributed by atoms with E-state index >= 15 is 0 Å². The molecule has 16 heavy (non-hydrogen) atoms. The Morgan fingerprint density at radius 1 is 0.625 bits per heavy atom.